The Morgan fingerprint density at radius 3 is 2.72 bits per heavy atom. The van der Waals surface area contributed by atoms with Crippen molar-refractivity contribution in [2.45, 2.75) is 25.7 Å². The minimum absolute atomic E-state index is 0.624. The fraction of sp³-hybridized carbons (Fsp3) is 0.769. The maximum absolute atomic E-state index is 5.43. The molecule has 2 aliphatic heterocycles. The van der Waals surface area contributed by atoms with Gasteiger partial charge in [0.25, 0.3) is 0 Å². The molecule has 0 aromatic carbocycles. The first-order valence-corrected chi connectivity index (χ1v) is 7.67. The summed E-state index contributed by atoms with van der Waals surface area (Å²) < 4.78 is 5.43. The van der Waals surface area contributed by atoms with E-state index in [1.807, 2.05) is 11.3 Å². The Kier molecular flexibility index (Phi) is 3.82. The van der Waals surface area contributed by atoms with Crippen LogP contribution in [-0.2, 0) is 4.74 Å². The van der Waals surface area contributed by atoms with Gasteiger partial charge in [0, 0.05) is 45.3 Å². The Bertz CT molecular complexity index is 395. The third kappa shape index (κ3) is 2.53. The average Bonchev–Trinajstić information content (AvgIpc) is 2.83. The normalized spacial score (nSPS) is 22.4. The van der Waals surface area contributed by atoms with Gasteiger partial charge in [0.1, 0.15) is 5.00 Å². The maximum Gasteiger partial charge on any atom is 0.114 e. The van der Waals surface area contributed by atoms with E-state index in [4.69, 9.17) is 9.72 Å². The maximum atomic E-state index is 5.43. The number of rotatable bonds is 2. The highest BCUT2D eigenvalue weighted by atomic mass is 32.1. The molecule has 0 spiro atoms. The molecule has 2 saturated heterocycles. The van der Waals surface area contributed by atoms with Crippen LogP contribution < -0.4 is 10.2 Å². The molecule has 0 amide bonds. The van der Waals surface area contributed by atoms with Crippen LogP contribution >= 0.6 is 11.3 Å². The van der Waals surface area contributed by atoms with Crippen LogP contribution in [0, 0.1) is 6.92 Å². The van der Waals surface area contributed by atoms with Crippen LogP contribution in [0.3, 0.4) is 0 Å². The van der Waals surface area contributed by atoms with Crippen molar-refractivity contribution in [1.29, 1.82) is 0 Å². The Morgan fingerprint density at radius 1 is 1.28 bits per heavy atom. The molecule has 0 radical (unpaired) electrons. The third-order valence-corrected chi connectivity index (χ3v) is 5.14. The van der Waals surface area contributed by atoms with Crippen LogP contribution in [0.15, 0.2) is 0 Å². The summed E-state index contributed by atoms with van der Waals surface area (Å²) in [5.74, 6) is 0.624. The zero-order valence-corrected chi connectivity index (χ0v) is 11.8. The van der Waals surface area contributed by atoms with Crippen LogP contribution in [0.4, 0.5) is 5.00 Å². The first-order valence-electron chi connectivity index (χ1n) is 6.85. The lowest BCUT2D eigenvalue weighted by molar-refractivity contribution is 0.0852. The number of ether oxygens (including phenoxy) is 1. The molecule has 3 rings (SSSR count). The zero-order valence-electron chi connectivity index (χ0n) is 10.9. The van der Waals surface area contributed by atoms with Gasteiger partial charge in [-0.15, -0.1) is 11.3 Å². The van der Waals surface area contributed by atoms with E-state index in [-0.39, 0.29) is 0 Å². The second kappa shape index (κ2) is 5.55. The van der Waals surface area contributed by atoms with Crippen LogP contribution in [0.2, 0.25) is 0 Å². The lowest BCUT2D eigenvalue weighted by Crippen LogP contribution is -2.43. The van der Waals surface area contributed by atoms with E-state index in [0.717, 1.165) is 52.2 Å². The SMILES string of the molecule is Cc1nc(C2CCOCC2)sc1N1CCNCC1. The molecule has 1 N–H and O–H groups in total. The van der Waals surface area contributed by atoms with Crippen molar-refractivity contribution in [3.8, 4) is 0 Å². The predicted octanol–water partition coefficient (Wildman–Crippen LogP) is 1.76. The number of piperazine rings is 1. The van der Waals surface area contributed by atoms with Crippen LogP contribution in [0.25, 0.3) is 0 Å². The summed E-state index contributed by atoms with van der Waals surface area (Å²) in [6, 6.07) is 0. The summed E-state index contributed by atoms with van der Waals surface area (Å²) >= 11 is 1.90. The summed E-state index contributed by atoms with van der Waals surface area (Å²) in [6.07, 6.45) is 2.27. The number of aromatic nitrogens is 1. The van der Waals surface area contributed by atoms with Gasteiger partial charge in [-0.2, -0.15) is 0 Å². The standard InChI is InChI=1S/C13H21N3OS/c1-10-13(16-6-4-14-5-7-16)18-12(15-10)11-2-8-17-9-3-11/h11,14H,2-9H2,1H3. The quantitative estimate of drug-likeness (QED) is 0.886. The molecule has 2 aliphatic rings. The van der Waals surface area contributed by atoms with Gasteiger partial charge in [-0.05, 0) is 19.8 Å². The van der Waals surface area contributed by atoms with Gasteiger partial charge in [-0.3, -0.25) is 0 Å². The molecule has 18 heavy (non-hydrogen) atoms. The highest BCUT2D eigenvalue weighted by Gasteiger charge is 2.23. The van der Waals surface area contributed by atoms with Crippen molar-refractivity contribution >= 4 is 16.3 Å². The van der Waals surface area contributed by atoms with E-state index in [2.05, 4.69) is 17.1 Å². The molecule has 0 unspecified atom stereocenters. The Hall–Kier alpha value is -0.650. The molecule has 0 aliphatic carbocycles. The molecule has 3 heterocycles. The Morgan fingerprint density at radius 2 is 2.00 bits per heavy atom. The molecular weight excluding hydrogens is 246 g/mol. The van der Waals surface area contributed by atoms with Crippen LogP contribution in [-0.4, -0.2) is 44.4 Å². The third-order valence-electron chi connectivity index (χ3n) is 3.76. The van der Waals surface area contributed by atoms with Crippen LogP contribution in [0.5, 0.6) is 0 Å². The fourth-order valence-electron chi connectivity index (χ4n) is 2.69. The molecule has 0 saturated carbocycles. The monoisotopic (exact) mass is 267 g/mol. The number of nitrogens with zero attached hydrogens (tertiary/aromatic N) is 2. The average molecular weight is 267 g/mol. The molecule has 2 fully saturated rings. The van der Waals surface area contributed by atoms with Gasteiger partial charge < -0.3 is 15.0 Å². The molecule has 4 nitrogen and oxygen atoms in total. The predicted molar refractivity (Wildman–Crippen MR) is 74.7 cm³/mol. The van der Waals surface area contributed by atoms with Gasteiger partial charge in [0.2, 0.25) is 0 Å². The van der Waals surface area contributed by atoms with E-state index in [1.165, 1.54) is 15.7 Å². The van der Waals surface area contributed by atoms with Gasteiger partial charge in [-0.25, -0.2) is 4.98 Å². The fourth-order valence-corrected chi connectivity index (χ4v) is 3.98. The van der Waals surface area contributed by atoms with E-state index >= 15 is 0 Å². The molecule has 5 heteroatoms. The number of hydrogen-bond acceptors (Lipinski definition) is 5. The number of anilines is 1. The highest BCUT2D eigenvalue weighted by molar-refractivity contribution is 7.16. The van der Waals surface area contributed by atoms with Gasteiger partial charge >= 0.3 is 0 Å². The number of aryl methyl sites for hydroxylation is 1. The smallest absolute Gasteiger partial charge is 0.114 e. The number of hydrogen-bond donors (Lipinski definition) is 1. The van der Waals surface area contributed by atoms with Crippen molar-refractivity contribution in [3.05, 3.63) is 10.7 Å². The van der Waals surface area contributed by atoms with Gasteiger partial charge in [0.15, 0.2) is 0 Å². The molecule has 0 bridgehead atoms. The lowest BCUT2D eigenvalue weighted by atomic mass is 10.0. The minimum atomic E-state index is 0.624. The van der Waals surface area contributed by atoms with E-state index in [9.17, 15) is 0 Å². The first kappa shape index (κ1) is 12.4. The molecule has 1 aromatic rings. The van der Waals surface area contributed by atoms with E-state index in [0.29, 0.717) is 5.92 Å². The van der Waals surface area contributed by atoms with Crippen molar-refractivity contribution in [3.63, 3.8) is 0 Å². The number of thiazole rings is 1. The summed E-state index contributed by atoms with van der Waals surface area (Å²) in [6.45, 7) is 8.33. The Balaban J connectivity index is 1.76. The second-order valence-electron chi connectivity index (χ2n) is 5.07. The summed E-state index contributed by atoms with van der Waals surface area (Å²) in [5, 5.41) is 6.11. The Labute approximate surface area is 112 Å². The highest BCUT2D eigenvalue weighted by Crippen LogP contribution is 2.36. The van der Waals surface area contributed by atoms with E-state index in [1.54, 1.807) is 0 Å². The van der Waals surface area contributed by atoms with Crippen molar-refractivity contribution < 1.29 is 4.74 Å². The van der Waals surface area contributed by atoms with E-state index < -0.39 is 0 Å². The zero-order chi connectivity index (χ0) is 12.4. The molecular formula is C13H21N3OS. The summed E-state index contributed by atoms with van der Waals surface area (Å²) in [5.41, 5.74) is 1.21. The largest absolute Gasteiger partial charge is 0.381 e. The van der Waals surface area contributed by atoms with Crippen LogP contribution in [0.1, 0.15) is 29.5 Å². The molecule has 0 atom stereocenters. The van der Waals surface area contributed by atoms with Gasteiger partial charge in [0.05, 0.1) is 10.7 Å². The van der Waals surface area contributed by atoms with Crippen molar-refractivity contribution in [2.24, 2.45) is 0 Å². The molecule has 100 valence electrons. The summed E-state index contributed by atoms with van der Waals surface area (Å²) in [7, 11) is 0. The minimum Gasteiger partial charge on any atom is -0.381 e. The van der Waals surface area contributed by atoms with Crippen molar-refractivity contribution in [2.75, 3.05) is 44.3 Å². The topological polar surface area (TPSA) is 37.4 Å². The lowest BCUT2D eigenvalue weighted by Gasteiger charge is -2.28. The van der Waals surface area contributed by atoms with Gasteiger partial charge in [-0.1, -0.05) is 0 Å². The first-order chi connectivity index (χ1) is 8.84. The van der Waals surface area contributed by atoms with Crippen molar-refractivity contribution in [1.82, 2.24) is 10.3 Å². The summed E-state index contributed by atoms with van der Waals surface area (Å²) in [4.78, 5) is 7.29. The number of nitrogens with one attached hydrogen (secondary N) is 1. The molecule has 1 aromatic heterocycles. The second-order valence-corrected chi connectivity index (χ2v) is 6.08.